The fourth-order valence-electron chi connectivity index (χ4n) is 0.376. The second kappa shape index (κ2) is 3.41. The largest absolute Gasteiger partial charge is 0.460 e. The number of alkyl halides is 2. The van der Waals surface area contributed by atoms with Gasteiger partial charge in [-0.2, -0.15) is 8.78 Å². The summed E-state index contributed by atoms with van der Waals surface area (Å²) in [5.74, 6) is -6.92. The first kappa shape index (κ1) is 10.0. The van der Waals surface area contributed by atoms with Crippen LogP contribution in [0, 0.1) is 0 Å². The van der Waals surface area contributed by atoms with Crippen molar-refractivity contribution in [2.24, 2.45) is 0 Å². The third-order valence-corrected chi connectivity index (χ3v) is 0.860. The van der Waals surface area contributed by atoms with E-state index in [9.17, 15) is 18.4 Å². The number of ketones is 1. The highest BCUT2D eigenvalue weighted by atomic mass is 19.3. The predicted octanol–water partition coefficient (Wildman–Crippen LogP) is 0.774. The monoisotopic (exact) mass is 166 g/mol. The van der Waals surface area contributed by atoms with E-state index in [0.717, 1.165) is 0 Å². The summed E-state index contributed by atoms with van der Waals surface area (Å²) in [6.45, 7) is 1.70. The molecule has 0 atom stereocenters. The number of carbonyl (C=O) groups is 2. The second-order valence-corrected chi connectivity index (χ2v) is 1.94. The molecule has 0 heterocycles. The molecule has 0 fully saturated rings. The molecule has 64 valence electrons. The van der Waals surface area contributed by atoms with Crippen molar-refractivity contribution in [2.45, 2.75) is 19.8 Å². The van der Waals surface area contributed by atoms with Crippen LogP contribution in [0.1, 0.15) is 13.8 Å². The predicted molar refractivity (Wildman–Crippen MR) is 32.3 cm³/mol. The van der Waals surface area contributed by atoms with Gasteiger partial charge in [0.2, 0.25) is 0 Å². The molecule has 5 heteroatoms. The molecular weight excluding hydrogens is 158 g/mol. The molecule has 0 aliphatic rings. The highest BCUT2D eigenvalue weighted by molar-refractivity contribution is 6.36. The third-order valence-electron chi connectivity index (χ3n) is 0.860. The topological polar surface area (TPSA) is 43.4 Å². The molecule has 0 spiro atoms. The van der Waals surface area contributed by atoms with E-state index in [0.29, 0.717) is 6.92 Å². The van der Waals surface area contributed by atoms with Crippen LogP contribution in [-0.4, -0.2) is 24.3 Å². The van der Waals surface area contributed by atoms with Gasteiger partial charge in [0.15, 0.2) is 0 Å². The fraction of sp³-hybridized carbons (Fsp3) is 0.667. The van der Waals surface area contributed by atoms with E-state index in [1.165, 1.54) is 6.92 Å². The highest BCUT2D eigenvalue weighted by Gasteiger charge is 2.38. The van der Waals surface area contributed by atoms with Gasteiger partial charge in [-0.15, -0.1) is 0 Å². The van der Waals surface area contributed by atoms with E-state index in [1.54, 1.807) is 0 Å². The Morgan fingerprint density at radius 2 is 1.91 bits per heavy atom. The van der Waals surface area contributed by atoms with E-state index < -0.39 is 17.7 Å². The smallest absolute Gasteiger partial charge is 0.381 e. The lowest BCUT2D eigenvalue weighted by molar-refractivity contribution is -0.164. The van der Waals surface area contributed by atoms with Crippen LogP contribution in [0.2, 0.25) is 0 Å². The van der Waals surface area contributed by atoms with Crippen LogP contribution in [0.4, 0.5) is 8.78 Å². The minimum absolute atomic E-state index is 0.0827. The number of rotatable bonds is 3. The zero-order valence-corrected chi connectivity index (χ0v) is 6.19. The Bertz CT molecular complexity index is 171. The quantitative estimate of drug-likeness (QED) is 0.459. The molecule has 0 aliphatic carbocycles. The first-order chi connectivity index (χ1) is 4.89. The summed E-state index contributed by atoms with van der Waals surface area (Å²) >= 11 is 0. The molecule has 0 aromatic heterocycles. The van der Waals surface area contributed by atoms with E-state index in [-0.39, 0.29) is 6.61 Å². The average Bonchev–Trinajstić information content (AvgIpc) is 1.85. The Morgan fingerprint density at radius 3 is 2.18 bits per heavy atom. The summed E-state index contributed by atoms with van der Waals surface area (Å²) < 4.78 is 28.1. The number of Topliss-reactive ketones (excluding diaryl/α,β-unsaturated/α-hetero) is 1. The molecule has 0 aliphatic heterocycles. The molecule has 0 aromatic carbocycles. The minimum Gasteiger partial charge on any atom is -0.460 e. The zero-order chi connectivity index (χ0) is 9.07. The molecule has 11 heavy (non-hydrogen) atoms. The highest BCUT2D eigenvalue weighted by Crippen LogP contribution is 2.13. The van der Waals surface area contributed by atoms with Crippen molar-refractivity contribution >= 4 is 11.8 Å². The summed E-state index contributed by atoms with van der Waals surface area (Å²) in [4.78, 5) is 20.7. The molecule has 0 N–H and O–H groups in total. The van der Waals surface area contributed by atoms with Gasteiger partial charge in [-0.3, -0.25) is 4.79 Å². The van der Waals surface area contributed by atoms with Crippen LogP contribution >= 0.6 is 0 Å². The van der Waals surface area contributed by atoms with Crippen molar-refractivity contribution in [3.63, 3.8) is 0 Å². The number of halogens is 2. The zero-order valence-electron chi connectivity index (χ0n) is 6.19. The van der Waals surface area contributed by atoms with Crippen molar-refractivity contribution in [1.82, 2.24) is 0 Å². The molecule has 0 amide bonds. The maximum absolute atomic E-state index is 12.0. The number of esters is 1. The van der Waals surface area contributed by atoms with E-state index in [1.807, 2.05) is 0 Å². The molecular formula is C6H8F2O3. The van der Waals surface area contributed by atoms with Crippen LogP contribution in [0.15, 0.2) is 0 Å². The van der Waals surface area contributed by atoms with Gasteiger partial charge >= 0.3 is 17.7 Å². The van der Waals surface area contributed by atoms with Gasteiger partial charge in [-0.25, -0.2) is 4.79 Å². The molecule has 0 unspecified atom stereocenters. The van der Waals surface area contributed by atoms with Gasteiger partial charge in [0.05, 0.1) is 6.61 Å². The molecule has 3 nitrogen and oxygen atoms in total. The Kier molecular flexibility index (Phi) is 3.10. The molecule has 0 radical (unpaired) electrons. The van der Waals surface area contributed by atoms with Crippen molar-refractivity contribution in [3.8, 4) is 0 Å². The lowest BCUT2D eigenvalue weighted by Gasteiger charge is -2.06. The van der Waals surface area contributed by atoms with Gasteiger partial charge in [-0.1, -0.05) is 0 Å². The molecule has 0 bridgehead atoms. The molecule has 0 rings (SSSR count). The number of hydrogen-bond acceptors (Lipinski definition) is 3. The fourth-order valence-corrected chi connectivity index (χ4v) is 0.376. The summed E-state index contributed by atoms with van der Waals surface area (Å²) in [5.41, 5.74) is 0. The van der Waals surface area contributed by atoms with Crippen LogP contribution in [0.3, 0.4) is 0 Å². The second-order valence-electron chi connectivity index (χ2n) is 1.94. The lowest BCUT2D eigenvalue weighted by Crippen LogP contribution is -2.33. The Balaban J connectivity index is 4.15. The van der Waals surface area contributed by atoms with Crippen LogP contribution in [0.5, 0.6) is 0 Å². The van der Waals surface area contributed by atoms with E-state index in [2.05, 4.69) is 4.74 Å². The van der Waals surface area contributed by atoms with Crippen LogP contribution in [-0.2, 0) is 14.3 Å². The lowest BCUT2D eigenvalue weighted by atomic mass is 10.2. The van der Waals surface area contributed by atoms with Gasteiger partial charge in [0.25, 0.3) is 0 Å². The molecule has 0 aromatic rings. The van der Waals surface area contributed by atoms with E-state index >= 15 is 0 Å². The maximum Gasteiger partial charge on any atom is 0.381 e. The first-order valence-electron chi connectivity index (χ1n) is 2.99. The molecule has 0 saturated carbocycles. The van der Waals surface area contributed by atoms with Gasteiger partial charge in [-0.05, 0) is 6.92 Å². The number of hydrogen-bond donors (Lipinski definition) is 0. The van der Waals surface area contributed by atoms with Crippen molar-refractivity contribution in [1.29, 1.82) is 0 Å². The van der Waals surface area contributed by atoms with Crippen molar-refractivity contribution in [3.05, 3.63) is 0 Å². The standard InChI is InChI=1S/C6H8F2O3/c1-3-11-5(10)4(9)6(2,7)8/h3H2,1-2H3. The van der Waals surface area contributed by atoms with Crippen LogP contribution < -0.4 is 0 Å². The SMILES string of the molecule is CCOC(=O)C(=O)C(C)(F)F. The van der Waals surface area contributed by atoms with E-state index in [4.69, 9.17) is 0 Å². The van der Waals surface area contributed by atoms with Crippen molar-refractivity contribution in [2.75, 3.05) is 6.61 Å². The summed E-state index contributed by atoms with van der Waals surface area (Å²) in [7, 11) is 0. The van der Waals surface area contributed by atoms with Gasteiger partial charge in [0.1, 0.15) is 0 Å². The van der Waals surface area contributed by atoms with Gasteiger partial charge in [0, 0.05) is 6.92 Å². The maximum atomic E-state index is 12.0. The normalized spacial score (nSPS) is 10.9. The number of carbonyl (C=O) groups excluding carboxylic acids is 2. The van der Waals surface area contributed by atoms with Crippen molar-refractivity contribution < 1.29 is 23.1 Å². The van der Waals surface area contributed by atoms with Gasteiger partial charge < -0.3 is 4.74 Å². The Hall–Kier alpha value is -1.00. The third kappa shape index (κ3) is 3.06. The summed E-state index contributed by atoms with van der Waals surface area (Å²) in [6, 6.07) is 0. The first-order valence-corrected chi connectivity index (χ1v) is 2.99. The minimum atomic E-state index is -3.63. The number of ether oxygens (including phenoxy) is 1. The van der Waals surface area contributed by atoms with Crippen LogP contribution in [0.25, 0.3) is 0 Å². The Labute approximate surface area is 62.3 Å². The molecule has 0 saturated heterocycles. The Morgan fingerprint density at radius 1 is 1.45 bits per heavy atom. The summed E-state index contributed by atoms with van der Waals surface area (Å²) in [5, 5.41) is 0. The summed E-state index contributed by atoms with van der Waals surface area (Å²) in [6.07, 6.45) is 0. The average molecular weight is 166 g/mol.